The molecule has 2 aromatic carbocycles. The van der Waals surface area contributed by atoms with Crippen molar-refractivity contribution in [2.45, 2.75) is 6.04 Å². The first kappa shape index (κ1) is 16.9. The van der Waals surface area contributed by atoms with Gasteiger partial charge in [0.2, 0.25) is 5.91 Å². The van der Waals surface area contributed by atoms with Crippen molar-refractivity contribution in [2.75, 3.05) is 0 Å². The van der Waals surface area contributed by atoms with Crippen LogP contribution >= 0.6 is 34.8 Å². The smallest absolute Gasteiger partial charge is 0.240 e. The van der Waals surface area contributed by atoms with E-state index in [-0.39, 0.29) is 0 Å². The average molecular weight is 361 g/mol. The molecule has 4 N–H and O–H groups in total. The number of benzene rings is 2. The molecule has 1 amide bonds. The number of nitrogens with one attached hydrogen (secondary N) is 2. The molecule has 116 valence electrons. The lowest BCUT2D eigenvalue weighted by atomic mass is 10.1. The maximum Gasteiger partial charge on any atom is 0.240 e. The molecule has 0 fully saturated rings. The van der Waals surface area contributed by atoms with Gasteiger partial charge in [-0.05, 0) is 29.8 Å². The summed E-state index contributed by atoms with van der Waals surface area (Å²) in [5.74, 6) is -0.159. The topological polar surface area (TPSA) is 76.4 Å². The first-order valence-corrected chi connectivity index (χ1v) is 7.28. The third kappa shape index (κ3) is 4.50. The summed E-state index contributed by atoms with van der Waals surface area (Å²) >= 11 is 17.5. The molecule has 0 aliphatic rings. The summed E-state index contributed by atoms with van der Waals surface area (Å²) in [5, 5.41) is 1.33. The predicted molar refractivity (Wildman–Crippen MR) is 86.7 cm³/mol. The standard InChI is InChI=1S/C14H12Cl3N3O2/c15-9-3-1-8(2-4-9)13(14(18)21)19-20-22-10-5-6-11(16)12(17)7-10/h1-7,13,19-20H,(H2,18,21). The van der Waals surface area contributed by atoms with Crippen molar-refractivity contribution >= 4 is 40.7 Å². The first-order valence-electron chi connectivity index (χ1n) is 6.14. The molecule has 0 aliphatic heterocycles. The molecule has 22 heavy (non-hydrogen) atoms. The third-order valence-corrected chi connectivity index (χ3v) is 3.74. The largest absolute Gasteiger partial charge is 0.394 e. The fourth-order valence-electron chi connectivity index (χ4n) is 1.66. The number of hydrogen-bond donors (Lipinski definition) is 3. The van der Waals surface area contributed by atoms with Gasteiger partial charge in [0.05, 0.1) is 10.0 Å². The lowest BCUT2D eigenvalue weighted by molar-refractivity contribution is -0.121. The van der Waals surface area contributed by atoms with Crippen molar-refractivity contribution in [3.05, 3.63) is 63.1 Å². The molecule has 0 saturated carbocycles. The molecule has 0 bridgehead atoms. The Morgan fingerprint density at radius 3 is 2.32 bits per heavy atom. The average Bonchev–Trinajstić information content (AvgIpc) is 2.48. The van der Waals surface area contributed by atoms with Gasteiger partial charge in [-0.1, -0.05) is 52.5 Å². The number of halogens is 3. The van der Waals surface area contributed by atoms with Gasteiger partial charge in [0.25, 0.3) is 0 Å². The minimum atomic E-state index is -0.792. The van der Waals surface area contributed by atoms with E-state index in [1.54, 1.807) is 36.4 Å². The molecule has 2 aromatic rings. The minimum Gasteiger partial charge on any atom is -0.394 e. The van der Waals surface area contributed by atoms with Gasteiger partial charge >= 0.3 is 0 Å². The zero-order valence-electron chi connectivity index (χ0n) is 11.1. The van der Waals surface area contributed by atoms with E-state index in [0.29, 0.717) is 26.4 Å². The van der Waals surface area contributed by atoms with Crippen LogP contribution < -0.4 is 21.6 Å². The summed E-state index contributed by atoms with van der Waals surface area (Å²) in [6.07, 6.45) is 0. The number of primary amides is 1. The molecule has 8 heteroatoms. The Morgan fingerprint density at radius 2 is 1.73 bits per heavy atom. The van der Waals surface area contributed by atoms with Crippen LogP contribution in [0.15, 0.2) is 42.5 Å². The molecule has 2 rings (SSSR count). The second-order valence-corrected chi connectivity index (χ2v) is 5.56. The molecule has 0 radical (unpaired) electrons. The Hall–Kier alpha value is -1.50. The molecule has 0 aromatic heterocycles. The number of carbonyl (C=O) groups is 1. The Bertz CT molecular complexity index is 665. The number of hydrazine groups is 1. The van der Waals surface area contributed by atoms with Crippen LogP contribution in [0.2, 0.25) is 15.1 Å². The predicted octanol–water partition coefficient (Wildman–Crippen LogP) is 3.26. The molecule has 0 saturated heterocycles. The van der Waals surface area contributed by atoms with E-state index in [0.717, 1.165) is 0 Å². The summed E-state index contributed by atoms with van der Waals surface area (Å²) in [5.41, 5.74) is 11.1. The molecule has 0 spiro atoms. The van der Waals surface area contributed by atoms with E-state index in [2.05, 4.69) is 11.0 Å². The number of rotatable bonds is 6. The van der Waals surface area contributed by atoms with Crippen molar-refractivity contribution in [1.82, 2.24) is 11.0 Å². The lowest BCUT2D eigenvalue weighted by Crippen LogP contribution is -2.43. The highest BCUT2D eigenvalue weighted by atomic mass is 35.5. The van der Waals surface area contributed by atoms with Crippen molar-refractivity contribution in [3.63, 3.8) is 0 Å². The molecule has 0 aliphatic carbocycles. The van der Waals surface area contributed by atoms with Crippen molar-refractivity contribution < 1.29 is 9.63 Å². The Morgan fingerprint density at radius 1 is 1.05 bits per heavy atom. The first-order chi connectivity index (χ1) is 10.5. The number of carbonyl (C=O) groups excluding carboxylic acids is 1. The van der Waals surface area contributed by atoms with E-state index in [1.807, 2.05) is 0 Å². The van der Waals surface area contributed by atoms with Crippen LogP contribution in [0.5, 0.6) is 5.75 Å². The highest BCUT2D eigenvalue weighted by Crippen LogP contribution is 2.25. The monoisotopic (exact) mass is 359 g/mol. The second kappa shape index (κ2) is 7.67. The minimum absolute atomic E-state index is 0.352. The SMILES string of the molecule is NC(=O)C(NNOc1ccc(Cl)c(Cl)c1)c1ccc(Cl)cc1. The number of hydrogen-bond acceptors (Lipinski definition) is 4. The van der Waals surface area contributed by atoms with Crippen molar-refractivity contribution in [3.8, 4) is 5.75 Å². The molecule has 5 nitrogen and oxygen atoms in total. The molecular formula is C14H12Cl3N3O2. The van der Waals surface area contributed by atoms with Gasteiger partial charge < -0.3 is 10.6 Å². The van der Waals surface area contributed by atoms with E-state index in [9.17, 15) is 4.79 Å². The number of nitrogens with two attached hydrogens (primary N) is 1. The van der Waals surface area contributed by atoms with Gasteiger partial charge in [-0.25, -0.2) is 5.43 Å². The highest BCUT2D eigenvalue weighted by Gasteiger charge is 2.17. The van der Waals surface area contributed by atoms with Gasteiger partial charge in [-0.3, -0.25) is 4.79 Å². The maximum absolute atomic E-state index is 11.5. The quantitative estimate of drug-likeness (QED) is 0.691. The van der Waals surface area contributed by atoms with Gasteiger partial charge in [0.15, 0.2) is 5.75 Å². The van der Waals surface area contributed by atoms with Crippen LogP contribution in [0.1, 0.15) is 11.6 Å². The molecule has 0 heterocycles. The van der Waals surface area contributed by atoms with Gasteiger partial charge in [-0.2, -0.15) is 0 Å². The Labute approximate surface area is 142 Å². The molecular weight excluding hydrogens is 349 g/mol. The van der Waals surface area contributed by atoms with Crippen LogP contribution in [0.4, 0.5) is 0 Å². The highest BCUT2D eigenvalue weighted by molar-refractivity contribution is 6.42. The van der Waals surface area contributed by atoms with Crippen molar-refractivity contribution in [1.29, 1.82) is 0 Å². The van der Waals surface area contributed by atoms with Crippen LogP contribution in [0, 0.1) is 0 Å². The normalized spacial score (nSPS) is 12.0. The summed E-state index contributed by atoms with van der Waals surface area (Å²) in [6, 6.07) is 10.6. The van der Waals surface area contributed by atoms with Crippen LogP contribution in [0.3, 0.4) is 0 Å². The fraction of sp³-hybridized carbons (Fsp3) is 0.0714. The van der Waals surface area contributed by atoms with E-state index < -0.39 is 11.9 Å². The molecule has 1 atom stereocenters. The van der Waals surface area contributed by atoms with E-state index >= 15 is 0 Å². The Balaban J connectivity index is 1.99. The van der Waals surface area contributed by atoms with Crippen LogP contribution in [0.25, 0.3) is 0 Å². The third-order valence-electron chi connectivity index (χ3n) is 2.75. The summed E-state index contributed by atoms with van der Waals surface area (Å²) in [4.78, 5) is 16.7. The van der Waals surface area contributed by atoms with Gasteiger partial charge in [0, 0.05) is 11.1 Å². The Kier molecular flexibility index (Phi) is 5.88. The van der Waals surface area contributed by atoms with Gasteiger partial charge in [-0.15, -0.1) is 0 Å². The van der Waals surface area contributed by atoms with E-state index in [1.165, 1.54) is 6.07 Å². The maximum atomic E-state index is 11.5. The summed E-state index contributed by atoms with van der Waals surface area (Å²) in [6.45, 7) is 0. The van der Waals surface area contributed by atoms with Crippen LogP contribution in [-0.2, 0) is 4.79 Å². The number of amides is 1. The fourth-order valence-corrected chi connectivity index (χ4v) is 2.08. The zero-order chi connectivity index (χ0) is 16.1. The molecule has 1 unspecified atom stereocenters. The van der Waals surface area contributed by atoms with E-state index in [4.69, 9.17) is 45.4 Å². The summed E-state index contributed by atoms with van der Waals surface area (Å²) < 4.78 is 0. The lowest BCUT2D eigenvalue weighted by Gasteiger charge is -2.17. The van der Waals surface area contributed by atoms with Crippen molar-refractivity contribution in [2.24, 2.45) is 5.73 Å². The zero-order valence-corrected chi connectivity index (χ0v) is 13.4. The van der Waals surface area contributed by atoms with Gasteiger partial charge in [0.1, 0.15) is 6.04 Å². The van der Waals surface area contributed by atoms with Crippen LogP contribution in [-0.4, -0.2) is 5.91 Å². The summed E-state index contributed by atoms with van der Waals surface area (Å²) in [7, 11) is 0. The second-order valence-electron chi connectivity index (χ2n) is 4.31.